The van der Waals surface area contributed by atoms with Gasteiger partial charge in [0.25, 0.3) is 0 Å². The van der Waals surface area contributed by atoms with Gasteiger partial charge in [-0.15, -0.1) is 0 Å². The van der Waals surface area contributed by atoms with E-state index in [4.69, 9.17) is 9.84 Å². The van der Waals surface area contributed by atoms with E-state index in [0.717, 1.165) is 38.0 Å². The lowest BCUT2D eigenvalue weighted by Gasteiger charge is -2.31. The molecule has 0 radical (unpaired) electrons. The number of methoxy groups -OCH3 is 1. The molecule has 0 saturated carbocycles. The minimum absolute atomic E-state index is 0.275. The molecule has 0 amide bonds. The van der Waals surface area contributed by atoms with Crippen molar-refractivity contribution < 1.29 is 14.6 Å². The van der Waals surface area contributed by atoms with Crippen molar-refractivity contribution in [1.82, 2.24) is 9.88 Å². The van der Waals surface area contributed by atoms with E-state index < -0.39 is 5.97 Å². The Hall–Kier alpha value is -1.62. The largest absolute Gasteiger partial charge is 0.481 e. The molecule has 1 aromatic heterocycles. The van der Waals surface area contributed by atoms with Gasteiger partial charge < -0.3 is 9.84 Å². The first-order chi connectivity index (χ1) is 9.17. The average Bonchev–Trinajstić information content (AvgIpc) is 2.39. The molecule has 1 unspecified atom stereocenters. The van der Waals surface area contributed by atoms with Gasteiger partial charge in [0.05, 0.1) is 7.11 Å². The number of rotatable bonds is 5. The molecular weight excluding hydrogens is 244 g/mol. The molecule has 0 aromatic carbocycles. The van der Waals surface area contributed by atoms with E-state index in [1.54, 1.807) is 7.11 Å². The third-order valence-electron chi connectivity index (χ3n) is 3.48. The van der Waals surface area contributed by atoms with E-state index in [1.807, 2.05) is 18.3 Å². The van der Waals surface area contributed by atoms with E-state index >= 15 is 0 Å². The van der Waals surface area contributed by atoms with Gasteiger partial charge in [0.1, 0.15) is 0 Å². The van der Waals surface area contributed by atoms with Crippen molar-refractivity contribution in [3.63, 3.8) is 0 Å². The molecule has 5 nitrogen and oxygen atoms in total. The van der Waals surface area contributed by atoms with Gasteiger partial charge in [0, 0.05) is 31.8 Å². The first-order valence-electron chi connectivity index (χ1n) is 6.60. The van der Waals surface area contributed by atoms with E-state index in [0.29, 0.717) is 5.88 Å². The number of nitrogens with zero attached hydrogens (tertiary/aromatic N) is 2. The number of ether oxygens (including phenoxy) is 1. The number of carboxylic acid groups (broad SMARTS) is 1. The van der Waals surface area contributed by atoms with Crippen LogP contribution < -0.4 is 4.74 Å². The van der Waals surface area contributed by atoms with Crippen LogP contribution in [0.1, 0.15) is 24.8 Å². The Morgan fingerprint density at radius 2 is 2.42 bits per heavy atom. The van der Waals surface area contributed by atoms with Gasteiger partial charge in [0.2, 0.25) is 5.88 Å². The quantitative estimate of drug-likeness (QED) is 0.878. The maximum atomic E-state index is 10.8. The highest BCUT2D eigenvalue weighted by Crippen LogP contribution is 2.21. The number of aliphatic carboxylic acids is 1. The number of hydrogen-bond donors (Lipinski definition) is 1. The predicted molar refractivity (Wildman–Crippen MR) is 71.0 cm³/mol. The van der Waals surface area contributed by atoms with Crippen molar-refractivity contribution in [1.29, 1.82) is 0 Å². The summed E-state index contributed by atoms with van der Waals surface area (Å²) in [5.41, 5.74) is 1.14. The van der Waals surface area contributed by atoms with Gasteiger partial charge >= 0.3 is 5.97 Å². The van der Waals surface area contributed by atoms with E-state index in [1.165, 1.54) is 0 Å². The van der Waals surface area contributed by atoms with Crippen LogP contribution in [0.15, 0.2) is 18.3 Å². The lowest BCUT2D eigenvalue weighted by atomic mass is 9.94. The van der Waals surface area contributed by atoms with Crippen molar-refractivity contribution in [3.8, 4) is 5.88 Å². The molecule has 2 heterocycles. The zero-order valence-corrected chi connectivity index (χ0v) is 11.2. The maximum Gasteiger partial charge on any atom is 0.303 e. The second-order valence-electron chi connectivity index (χ2n) is 5.05. The number of pyridine rings is 1. The van der Waals surface area contributed by atoms with Crippen molar-refractivity contribution in [2.75, 3.05) is 20.2 Å². The Labute approximate surface area is 113 Å². The van der Waals surface area contributed by atoms with Crippen molar-refractivity contribution in [3.05, 3.63) is 23.9 Å². The molecule has 1 saturated heterocycles. The minimum atomic E-state index is -0.696. The molecule has 1 atom stereocenters. The van der Waals surface area contributed by atoms with Gasteiger partial charge in [-0.2, -0.15) is 0 Å². The number of likely N-dealkylation sites (tertiary alicyclic amines) is 1. The molecular formula is C14H20N2O3. The summed E-state index contributed by atoms with van der Waals surface area (Å²) in [7, 11) is 1.60. The summed E-state index contributed by atoms with van der Waals surface area (Å²) in [6.45, 7) is 2.72. The lowest BCUT2D eigenvalue weighted by molar-refractivity contribution is -0.138. The molecule has 0 bridgehead atoms. The number of carbonyl (C=O) groups is 1. The summed E-state index contributed by atoms with van der Waals surface area (Å²) in [5.74, 6) is 0.196. The van der Waals surface area contributed by atoms with Crippen LogP contribution in [-0.4, -0.2) is 41.2 Å². The van der Waals surface area contributed by atoms with Crippen LogP contribution in [0.4, 0.5) is 0 Å². The summed E-state index contributed by atoms with van der Waals surface area (Å²) in [6.07, 6.45) is 4.18. The molecule has 19 heavy (non-hydrogen) atoms. The number of hydrogen-bond acceptors (Lipinski definition) is 4. The van der Waals surface area contributed by atoms with Crippen molar-refractivity contribution >= 4 is 5.97 Å². The van der Waals surface area contributed by atoms with Gasteiger partial charge in [0.15, 0.2) is 0 Å². The molecule has 0 aliphatic carbocycles. The SMILES string of the molecule is COc1ccc(CN2CCCC(CC(=O)O)C2)cn1. The Bertz CT molecular complexity index is 419. The average molecular weight is 264 g/mol. The zero-order chi connectivity index (χ0) is 13.7. The highest BCUT2D eigenvalue weighted by molar-refractivity contribution is 5.67. The molecule has 1 aliphatic rings. The Morgan fingerprint density at radius 1 is 1.58 bits per heavy atom. The summed E-state index contributed by atoms with van der Waals surface area (Å²) in [6, 6.07) is 3.86. The molecule has 1 aromatic rings. The van der Waals surface area contributed by atoms with Crippen LogP contribution in [0.2, 0.25) is 0 Å². The second-order valence-corrected chi connectivity index (χ2v) is 5.05. The third kappa shape index (κ3) is 4.21. The normalized spacial score (nSPS) is 20.2. The zero-order valence-electron chi connectivity index (χ0n) is 11.2. The molecule has 0 spiro atoms. The fraction of sp³-hybridized carbons (Fsp3) is 0.571. The van der Waals surface area contributed by atoms with Gasteiger partial charge in [-0.3, -0.25) is 9.69 Å². The number of aromatic nitrogens is 1. The van der Waals surface area contributed by atoms with E-state index in [-0.39, 0.29) is 12.3 Å². The topological polar surface area (TPSA) is 62.7 Å². The third-order valence-corrected chi connectivity index (χ3v) is 3.48. The number of piperidine rings is 1. The van der Waals surface area contributed by atoms with Gasteiger partial charge in [-0.25, -0.2) is 4.98 Å². The highest BCUT2D eigenvalue weighted by atomic mass is 16.5. The van der Waals surface area contributed by atoms with Crippen LogP contribution in [0, 0.1) is 5.92 Å². The summed E-state index contributed by atoms with van der Waals surface area (Å²) in [4.78, 5) is 17.3. The fourth-order valence-corrected chi connectivity index (χ4v) is 2.59. The lowest BCUT2D eigenvalue weighted by Crippen LogP contribution is -2.35. The predicted octanol–water partition coefficient (Wildman–Crippen LogP) is 1.78. The molecule has 1 aliphatic heterocycles. The van der Waals surface area contributed by atoms with Crippen LogP contribution in [0.3, 0.4) is 0 Å². The number of carboxylic acids is 1. The Kier molecular flexibility index (Phi) is 4.74. The van der Waals surface area contributed by atoms with E-state index in [9.17, 15) is 4.79 Å². The van der Waals surface area contributed by atoms with Crippen LogP contribution in [0.5, 0.6) is 5.88 Å². The molecule has 104 valence electrons. The van der Waals surface area contributed by atoms with Gasteiger partial charge in [-0.05, 0) is 30.9 Å². The van der Waals surface area contributed by atoms with Crippen molar-refractivity contribution in [2.24, 2.45) is 5.92 Å². The molecule has 1 fully saturated rings. The maximum absolute atomic E-state index is 10.8. The van der Waals surface area contributed by atoms with Gasteiger partial charge in [-0.1, -0.05) is 6.07 Å². The Balaban J connectivity index is 1.88. The fourth-order valence-electron chi connectivity index (χ4n) is 2.59. The standard InChI is InChI=1S/C14H20N2O3/c1-19-13-5-4-12(8-15-13)10-16-6-2-3-11(9-16)7-14(17)18/h4-5,8,11H,2-3,6-7,9-10H2,1H3,(H,17,18). The molecule has 1 N–H and O–H groups in total. The summed E-state index contributed by atoms with van der Waals surface area (Å²) >= 11 is 0. The minimum Gasteiger partial charge on any atom is -0.481 e. The Morgan fingerprint density at radius 3 is 3.05 bits per heavy atom. The smallest absolute Gasteiger partial charge is 0.303 e. The second kappa shape index (κ2) is 6.52. The highest BCUT2D eigenvalue weighted by Gasteiger charge is 2.21. The van der Waals surface area contributed by atoms with Crippen LogP contribution >= 0.6 is 0 Å². The summed E-state index contributed by atoms with van der Waals surface area (Å²) in [5, 5.41) is 8.86. The molecule has 2 rings (SSSR count). The summed E-state index contributed by atoms with van der Waals surface area (Å²) < 4.78 is 5.03. The van der Waals surface area contributed by atoms with Crippen molar-refractivity contribution in [2.45, 2.75) is 25.8 Å². The monoisotopic (exact) mass is 264 g/mol. The molecule has 5 heteroatoms. The van der Waals surface area contributed by atoms with E-state index in [2.05, 4.69) is 9.88 Å². The first-order valence-corrected chi connectivity index (χ1v) is 6.60. The van der Waals surface area contributed by atoms with Crippen LogP contribution in [0.25, 0.3) is 0 Å². The van der Waals surface area contributed by atoms with Crippen LogP contribution in [-0.2, 0) is 11.3 Å². The first kappa shape index (κ1) is 13.8.